The number of ether oxygens (including phenoxy) is 1. The summed E-state index contributed by atoms with van der Waals surface area (Å²) < 4.78 is 6.48. The Morgan fingerprint density at radius 1 is 0.864 bits per heavy atom. The average molecular weight is 813 g/mol. The predicted octanol–water partition coefficient (Wildman–Crippen LogP) is 5.40. The molecule has 1 unspecified atom stereocenters. The largest absolute Gasteiger partial charge is 0.489 e. The molecule has 5 aliphatic heterocycles. The average Bonchev–Trinajstić information content (AvgIpc) is 3.63. The first-order chi connectivity index (χ1) is 28.2. The molecular weight excluding hydrogens is 768 g/mol. The van der Waals surface area contributed by atoms with Crippen molar-refractivity contribution in [3.8, 4) is 23.7 Å². The van der Waals surface area contributed by atoms with Crippen molar-refractivity contribution in [1.29, 1.82) is 5.26 Å². The summed E-state index contributed by atoms with van der Waals surface area (Å²) >= 11 is 6.29. The minimum Gasteiger partial charge on any atom is -0.489 e. The minimum absolute atomic E-state index is 0.0263. The maximum atomic E-state index is 13.8. The van der Waals surface area contributed by atoms with Crippen molar-refractivity contribution in [1.82, 2.24) is 20.0 Å². The van der Waals surface area contributed by atoms with Crippen molar-refractivity contribution in [3.63, 3.8) is 0 Å². The number of nitrogens with zero attached hydrogens (tertiary/aromatic N) is 5. The lowest BCUT2D eigenvalue weighted by atomic mass is 9.49. The van der Waals surface area contributed by atoms with Gasteiger partial charge in [0, 0.05) is 72.1 Å². The van der Waals surface area contributed by atoms with Crippen molar-refractivity contribution in [2.24, 2.45) is 16.7 Å². The van der Waals surface area contributed by atoms with Gasteiger partial charge in [-0.2, -0.15) is 5.26 Å². The topological polar surface area (TPSA) is 143 Å². The number of hydrogen-bond donors (Lipinski definition) is 1. The standard InChI is InChI=1S/C46H45ClN6O6/c1-45(2)43(46(3,4)44(45)59-31-12-11-28(22-48)34(47)21-31)52-23-29-20-27(10-13-32(29)40(52)56)9-8-26-16-18-50(19-17-26)30-24-51(25-30)35-7-5-6-33-38(35)42(58)53(41(33)57)36-14-15-37(54)49-39(36)55/h5-7,10-13,20-21,26,30,36,43-44H,14-19,23-25H2,1-4H3,(H,49,54,55). The lowest BCUT2D eigenvalue weighted by molar-refractivity contribution is -0.199. The Balaban J connectivity index is 0.792. The Labute approximate surface area is 348 Å². The van der Waals surface area contributed by atoms with Crippen molar-refractivity contribution >= 4 is 46.8 Å². The zero-order valence-electron chi connectivity index (χ0n) is 33.5. The first kappa shape index (κ1) is 38.8. The molecule has 4 fully saturated rings. The van der Waals surface area contributed by atoms with Crippen LogP contribution in [-0.4, -0.2) is 94.6 Å². The number of nitrogens with one attached hydrogen (secondary N) is 1. The van der Waals surface area contributed by atoms with Gasteiger partial charge in [0.05, 0.1) is 27.4 Å². The highest BCUT2D eigenvalue weighted by molar-refractivity contribution is 6.31. The SMILES string of the molecule is CC1(C)C(Oc2ccc(C#N)c(Cl)c2)C(C)(C)C1N1Cc2cc(C#CC3CCN(C4CN(c5cccc6c5C(=O)N(C5CCC(=O)NC5=O)C6=O)C4)CC3)ccc2C1=O. The summed E-state index contributed by atoms with van der Waals surface area (Å²) in [6.07, 6.45) is 1.91. The summed E-state index contributed by atoms with van der Waals surface area (Å²) in [5.74, 6) is 5.83. The van der Waals surface area contributed by atoms with Crippen molar-refractivity contribution in [3.05, 3.63) is 93.0 Å². The molecule has 0 spiro atoms. The number of carbonyl (C=O) groups is 5. The second kappa shape index (κ2) is 14.2. The molecule has 3 saturated heterocycles. The Hall–Kier alpha value is -5.69. The third-order valence-corrected chi connectivity index (χ3v) is 13.8. The maximum Gasteiger partial charge on any atom is 0.264 e. The quantitative estimate of drug-likeness (QED) is 0.256. The summed E-state index contributed by atoms with van der Waals surface area (Å²) in [4.78, 5) is 72.6. The molecule has 0 aromatic heterocycles. The zero-order valence-corrected chi connectivity index (χ0v) is 34.3. The van der Waals surface area contributed by atoms with E-state index in [4.69, 9.17) is 16.3 Å². The number of rotatable bonds is 6. The highest BCUT2D eigenvalue weighted by Crippen LogP contribution is 2.59. The Morgan fingerprint density at radius 2 is 1.61 bits per heavy atom. The van der Waals surface area contributed by atoms with E-state index in [1.165, 1.54) is 0 Å². The molecule has 12 nitrogen and oxygen atoms in total. The van der Waals surface area contributed by atoms with Gasteiger partial charge in [0.15, 0.2) is 0 Å². The molecule has 1 saturated carbocycles. The number of anilines is 1. The van der Waals surface area contributed by atoms with Gasteiger partial charge in [0.2, 0.25) is 11.8 Å². The number of fused-ring (bicyclic) bond motifs is 2. The number of amides is 5. The van der Waals surface area contributed by atoms with Gasteiger partial charge in [-0.3, -0.25) is 39.1 Å². The lowest BCUT2D eigenvalue weighted by Gasteiger charge is -2.65. The summed E-state index contributed by atoms with van der Waals surface area (Å²) in [6, 6.07) is 17.7. The molecule has 5 amide bonds. The number of piperidine rings is 2. The van der Waals surface area contributed by atoms with Gasteiger partial charge in [0.1, 0.15) is 24.0 Å². The van der Waals surface area contributed by atoms with Gasteiger partial charge in [-0.1, -0.05) is 57.2 Å². The molecule has 3 aromatic carbocycles. The minimum atomic E-state index is -0.991. The fourth-order valence-electron chi connectivity index (χ4n) is 10.9. The maximum absolute atomic E-state index is 13.8. The van der Waals surface area contributed by atoms with Crippen LogP contribution in [-0.2, 0) is 16.1 Å². The monoisotopic (exact) mass is 812 g/mol. The first-order valence-electron chi connectivity index (χ1n) is 20.3. The van der Waals surface area contributed by atoms with E-state index in [0.717, 1.165) is 60.6 Å². The van der Waals surface area contributed by atoms with E-state index in [9.17, 15) is 29.2 Å². The fraction of sp³-hybridized carbons (Fsp3) is 0.435. The van der Waals surface area contributed by atoms with Gasteiger partial charge in [-0.05, 0) is 80.4 Å². The smallest absolute Gasteiger partial charge is 0.264 e. The van der Waals surface area contributed by atoms with Crippen LogP contribution in [0.15, 0.2) is 54.6 Å². The zero-order chi connectivity index (χ0) is 41.5. The third-order valence-electron chi connectivity index (χ3n) is 13.4. The van der Waals surface area contributed by atoms with E-state index in [0.29, 0.717) is 45.7 Å². The lowest BCUT2D eigenvalue weighted by Crippen LogP contribution is -2.74. The highest BCUT2D eigenvalue weighted by atomic mass is 35.5. The second-order valence-corrected chi connectivity index (χ2v) is 18.3. The molecule has 13 heteroatoms. The molecule has 302 valence electrons. The number of hydrogen-bond acceptors (Lipinski definition) is 9. The molecule has 6 aliphatic rings. The Bertz CT molecular complexity index is 2430. The van der Waals surface area contributed by atoms with E-state index in [1.54, 1.807) is 30.3 Å². The van der Waals surface area contributed by atoms with Gasteiger partial charge in [0.25, 0.3) is 17.7 Å². The van der Waals surface area contributed by atoms with Crippen LogP contribution in [0.25, 0.3) is 0 Å². The van der Waals surface area contributed by atoms with Crippen molar-refractivity contribution in [2.75, 3.05) is 31.1 Å². The van der Waals surface area contributed by atoms with Crippen LogP contribution in [0, 0.1) is 39.9 Å². The molecule has 1 aliphatic carbocycles. The summed E-state index contributed by atoms with van der Waals surface area (Å²) in [5, 5.41) is 11.9. The van der Waals surface area contributed by atoms with Crippen LogP contribution in [0.3, 0.4) is 0 Å². The molecular formula is C46H45ClN6O6. The molecule has 3 aromatic rings. The predicted molar refractivity (Wildman–Crippen MR) is 219 cm³/mol. The van der Waals surface area contributed by atoms with Crippen molar-refractivity contribution in [2.45, 2.75) is 84.2 Å². The van der Waals surface area contributed by atoms with E-state index < -0.39 is 29.7 Å². The molecule has 0 bridgehead atoms. The van der Waals surface area contributed by atoms with Gasteiger partial charge in [-0.15, -0.1) is 0 Å². The third kappa shape index (κ3) is 6.36. The summed E-state index contributed by atoms with van der Waals surface area (Å²) in [5.41, 5.74) is 3.64. The van der Waals surface area contributed by atoms with Gasteiger partial charge >= 0.3 is 0 Å². The molecule has 5 heterocycles. The molecule has 1 N–H and O–H groups in total. The summed E-state index contributed by atoms with van der Waals surface area (Å²) in [6.45, 7) is 12.3. The molecule has 0 radical (unpaired) electrons. The molecule has 9 rings (SSSR count). The molecule has 59 heavy (non-hydrogen) atoms. The number of benzene rings is 3. The van der Waals surface area contributed by atoms with E-state index >= 15 is 0 Å². The molecule has 1 atom stereocenters. The van der Waals surface area contributed by atoms with Gasteiger partial charge in [-0.25, -0.2) is 0 Å². The fourth-order valence-corrected chi connectivity index (χ4v) is 11.1. The second-order valence-electron chi connectivity index (χ2n) is 17.9. The van der Waals surface area contributed by atoms with Crippen molar-refractivity contribution < 1.29 is 28.7 Å². The van der Waals surface area contributed by atoms with Crippen LogP contribution in [0.5, 0.6) is 5.75 Å². The van der Waals surface area contributed by atoms with Crippen LogP contribution in [0.1, 0.15) is 101 Å². The van der Waals surface area contributed by atoms with Crippen LogP contribution >= 0.6 is 11.6 Å². The van der Waals surface area contributed by atoms with Crippen LogP contribution in [0.4, 0.5) is 5.69 Å². The number of imide groups is 2. The van der Waals surface area contributed by atoms with E-state index in [-0.39, 0.29) is 47.6 Å². The van der Waals surface area contributed by atoms with Crippen LogP contribution < -0.4 is 15.0 Å². The Kier molecular flexibility index (Phi) is 9.37. The van der Waals surface area contributed by atoms with Crippen LogP contribution in [0.2, 0.25) is 5.02 Å². The number of carbonyl (C=O) groups excluding carboxylic acids is 5. The number of likely N-dealkylation sites (tertiary alicyclic amines) is 1. The highest BCUT2D eigenvalue weighted by Gasteiger charge is 2.67. The van der Waals surface area contributed by atoms with E-state index in [1.807, 2.05) is 23.1 Å². The van der Waals surface area contributed by atoms with Gasteiger partial charge < -0.3 is 14.5 Å². The van der Waals surface area contributed by atoms with E-state index in [2.05, 4.69) is 66.8 Å². The summed E-state index contributed by atoms with van der Waals surface area (Å²) in [7, 11) is 0. The first-order valence-corrected chi connectivity index (χ1v) is 20.7. The Morgan fingerprint density at radius 3 is 2.31 bits per heavy atom. The number of nitriles is 1. The normalized spacial score (nSPS) is 25.1. The number of halogens is 1.